The fraction of sp³-hybridized carbons (Fsp3) is 0.333. The number of imidazole rings is 1. The molecule has 0 aliphatic carbocycles. The van der Waals surface area contributed by atoms with E-state index in [0.29, 0.717) is 31.9 Å². The Morgan fingerprint density at radius 1 is 0.939 bits per heavy atom. The molecule has 1 N–H and O–H groups in total. The average molecular weight is 470 g/mol. The number of aromatic nitrogens is 2. The summed E-state index contributed by atoms with van der Waals surface area (Å²) in [7, 11) is 0. The second-order valence-corrected chi connectivity index (χ2v) is 9.44. The largest absolute Gasteiger partial charge is 0.340 e. The van der Waals surface area contributed by atoms with Gasteiger partial charge in [-0.05, 0) is 48.5 Å². The minimum absolute atomic E-state index is 0.118. The molecule has 0 saturated carbocycles. The molecule has 33 heavy (non-hydrogen) atoms. The van der Waals surface area contributed by atoms with Crippen molar-refractivity contribution >= 4 is 29.2 Å². The quantitative estimate of drug-likeness (QED) is 0.613. The molecule has 1 amide bonds. The maximum Gasteiger partial charge on any atom is 0.237 e. The highest BCUT2D eigenvalue weighted by Crippen LogP contribution is 2.33. The summed E-state index contributed by atoms with van der Waals surface area (Å²) in [6.07, 6.45) is 0. The molecule has 1 saturated heterocycles. The van der Waals surface area contributed by atoms with Crippen LogP contribution in [0.2, 0.25) is 0 Å². The van der Waals surface area contributed by atoms with Gasteiger partial charge in [-0.2, -0.15) is 11.8 Å². The van der Waals surface area contributed by atoms with Crippen LogP contribution in [0.3, 0.4) is 0 Å². The van der Waals surface area contributed by atoms with Crippen LogP contribution in [-0.4, -0.2) is 62.9 Å². The number of nitrogens with one attached hydrogen (secondary N) is 1. The highest BCUT2D eigenvalue weighted by atomic mass is 32.2. The van der Waals surface area contributed by atoms with Crippen molar-refractivity contribution in [1.29, 1.82) is 0 Å². The zero-order chi connectivity index (χ0) is 22.8. The minimum Gasteiger partial charge on any atom is -0.340 e. The first kappa shape index (κ1) is 21.9. The number of hydrogen-bond acceptors (Lipinski definition) is 5. The van der Waals surface area contributed by atoms with Crippen molar-refractivity contribution in [3.63, 3.8) is 0 Å². The van der Waals surface area contributed by atoms with Crippen molar-refractivity contribution in [2.24, 2.45) is 0 Å². The molecule has 3 aromatic rings. The van der Waals surface area contributed by atoms with Gasteiger partial charge in [-0.15, -0.1) is 0 Å². The summed E-state index contributed by atoms with van der Waals surface area (Å²) in [5.41, 5.74) is 2.17. The van der Waals surface area contributed by atoms with Crippen molar-refractivity contribution in [1.82, 2.24) is 19.4 Å². The Labute approximate surface area is 195 Å². The van der Waals surface area contributed by atoms with Crippen LogP contribution >= 0.6 is 11.8 Å². The molecule has 2 aromatic carbocycles. The van der Waals surface area contributed by atoms with Crippen LogP contribution < -0.4 is 5.32 Å². The molecule has 3 heterocycles. The van der Waals surface area contributed by atoms with Gasteiger partial charge in [-0.1, -0.05) is 0 Å². The fourth-order valence-electron chi connectivity index (χ4n) is 4.20. The van der Waals surface area contributed by atoms with Gasteiger partial charge in [0.1, 0.15) is 29.0 Å². The third-order valence-corrected chi connectivity index (χ3v) is 6.95. The SMILES string of the molecule is O=C(CN1CCSCC1)N1CCn2c(nc(-c3ccc(F)cc3)c2Nc2ccc(F)cc2)C1. The van der Waals surface area contributed by atoms with Crippen molar-refractivity contribution in [2.45, 2.75) is 13.1 Å². The number of benzene rings is 2. The lowest BCUT2D eigenvalue weighted by Gasteiger charge is -2.32. The molecule has 0 bridgehead atoms. The topological polar surface area (TPSA) is 53.4 Å². The van der Waals surface area contributed by atoms with Crippen LogP contribution in [0.25, 0.3) is 11.3 Å². The Hall–Kier alpha value is -2.91. The van der Waals surface area contributed by atoms with E-state index in [4.69, 9.17) is 4.98 Å². The lowest BCUT2D eigenvalue weighted by Crippen LogP contribution is -2.46. The van der Waals surface area contributed by atoms with Crippen LogP contribution in [0.4, 0.5) is 20.3 Å². The third kappa shape index (κ3) is 4.89. The predicted octanol–water partition coefficient (Wildman–Crippen LogP) is 3.96. The molecule has 1 aromatic heterocycles. The van der Waals surface area contributed by atoms with Crippen LogP contribution in [0.5, 0.6) is 0 Å². The molecular formula is C24H25F2N5OS. The summed E-state index contributed by atoms with van der Waals surface area (Å²) in [4.78, 5) is 21.9. The smallest absolute Gasteiger partial charge is 0.237 e. The number of thioether (sulfide) groups is 1. The second-order valence-electron chi connectivity index (χ2n) is 8.22. The minimum atomic E-state index is -0.316. The number of halogens is 2. The van der Waals surface area contributed by atoms with E-state index in [1.54, 1.807) is 24.3 Å². The van der Waals surface area contributed by atoms with Gasteiger partial charge in [0.15, 0.2) is 0 Å². The highest BCUT2D eigenvalue weighted by Gasteiger charge is 2.28. The molecule has 172 valence electrons. The molecule has 9 heteroatoms. The van der Waals surface area contributed by atoms with Gasteiger partial charge >= 0.3 is 0 Å². The van der Waals surface area contributed by atoms with Crippen LogP contribution in [0.1, 0.15) is 5.82 Å². The molecule has 0 unspecified atom stereocenters. The van der Waals surface area contributed by atoms with Gasteiger partial charge in [-0.3, -0.25) is 9.69 Å². The number of hydrogen-bond donors (Lipinski definition) is 1. The maximum atomic E-state index is 13.5. The predicted molar refractivity (Wildman–Crippen MR) is 126 cm³/mol. The van der Waals surface area contributed by atoms with E-state index in [-0.39, 0.29) is 17.5 Å². The lowest BCUT2D eigenvalue weighted by molar-refractivity contribution is -0.133. The Morgan fingerprint density at radius 3 is 2.30 bits per heavy atom. The number of rotatable bonds is 5. The molecule has 2 aliphatic heterocycles. The van der Waals surface area contributed by atoms with E-state index in [1.165, 1.54) is 24.3 Å². The molecular weight excluding hydrogens is 444 g/mol. The second kappa shape index (κ2) is 9.52. The summed E-state index contributed by atoms with van der Waals surface area (Å²) in [5, 5.41) is 3.36. The Kier molecular flexibility index (Phi) is 6.32. The first-order valence-corrected chi connectivity index (χ1v) is 12.2. The van der Waals surface area contributed by atoms with Gasteiger partial charge in [0.25, 0.3) is 0 Å². The number of fused-ring (bicyclic) bond motifs is 1. The number of carbonyl (C=O) groups is 1. The van der Waals surface area contributed by atoms with Crippen LogP contribution in [-0.2, 0) is 17.9 Å². The third-order valence-electron chi connectivity index (χ3n) is 6.01. The number of nitrogens with zero attached hydrogens (tertiary/aromatic N) is 4. The number of carbonyl (C=O) groups excluding carboxylic acids is 1. The molecule has 0 atom stereocenters. The number of amides is 1. The number of anilines is 2. The van der Waals surface area contributed by atoms with E-state index >= 15 is 0 Å². The van der Waals surface area contributed by atoms with E-state index in [1.807, 2.05) is 16.7 Å². The summed E-state index contributed by atoms with van der Waals surface area (Å²) >= 11 is 1.93. The Morgan fingerprint density at radius 2 is 1.61 bits per heavy atom. The Bertz CT molecular complexity index is 1130. The van der Waals surface area contributed by atoms with Crippen molar-refractivity contribution < 1.29 is 13.6 Å². The summed E-state index contributed by atoms with van der Waals surface area (Å²) in [6.45, 7) is 3.92. The zero-order valence-corrected chi connectivity index (χ0v) is 19.0. The molecule has 6 nitrogen and oxygen atoms in total. The molecule has 5 rings (SSSR count). The van der Waals surface area contributed by atoms with Crippen molar-refractivity contribution in [3.8, 4) is 11.3 Å². The summed E-state index contributed by atoms with van der Waals surface area (Å²) < 4.78 is 29.0. The monoisotopic (exact) mass is 469 g/mol. The normalized spacial score (nSPS) is 16.5. The van der Waals surface area contributed by atoms with Gasteiger partial charge < -0.3 is 14.8 Å². The summed E-state index contributed by atoms with van der Waals surface area (Å²) in [6, 6.07) is 12.3. The van der Waals surface area contributed by atoms with Gasteiger partial charge in [-0.25, -0.2) is 13.8 Å². The van der Waals surface area contributed by atoms with Crippen molar-refractivity contribution in [3.05, 3.63) is 66.0 Å². The molecule has 1 fully saturated rings. The fourth-order valence-corrected chi connectivity index (χ4v) is 5.18. The maximum absolute atomic E-state index is 13.5. The first-order chi connectivity index (χ1) is 16.1. The molecule has 0 spiro atoms. The first-order valence-electron chi connectivity index (χ1n) is 11.0. The Balaban J connectivity index is 1.42. The van der Waals surface area contributed by atoms with Gasteiger partial charge in [0.05, 0.1) is 13.1 Å². The lowest BCUT2D eigenvalue weighted by atomic mass is 10.1. The van der Waals surface area contributed by atoms with Gasteiger partial charge in [0.2, 0.25) is 5.91 Å². The van der Waals surface area contributed by atoms with E-state index in [9.17, 15) is 13.6 Å². The van der Waals surface area contributed by atoms with Crippen LogP contribution in [0.15, 0.2) is 48.5 Å². The van der Waals surface area contributed by atoms with E-state index in [0.717, 1.165) is 47.5 Å². The van der Waals surface area contributed by atoms with Crippen molar-refractivity contribution in [2.75, 3.05) is 43.0 Å². The van der Waals surface area contributed by atoms with E-state index in [2.05, 4.69) is 14.8 Å². The standard InChI is InChI=1S/C24H25F2N5OS/c25-18-3-1-17(2-4-18)23-24(27-20-7-5-19(26)6-8-20)31-10-9-30(15-21(31)28-23)22(32)16-29-11-13-33-14-12-29/h1-8,27H,9-16H2. The molecule has 2 aliphatic rings. The average Bonchev–Trinajstić information content (AvgIpc) is 3.19. The summed E-state index contributed by atoms with van der Waals surface area (Å²) in [5.74, 6) is 3.15. The van der Waals surface area contributed by atoms with E-state index < -0.39 is 0 Å². The highest BCUT2D eigenvalue weighted by molar-refractivity contribution is 7.99. The van der Waals surface area contributed by atoms with Crippen LogP contribution in [0, 0.1) is 11.6 Å². The molecule has 0 radical (unpaired) electrons. The van der Waals surface area contributed by atoms with Gasteiger partial charge in [0, 0.05) is 48.9 Å². The zero-order valence-electron chi connectivity index (χ0n) is 18.1.